The number of nitrogens with two attached hydrogens (primary N) is 1. The second-order valence-corrected chi connectivity index (χ2v) is 3.67. The minimum Gasteiger partial charge on any atom is -0.461 e. The Morgan fingerprint density at radius 2 is 2.28 bits per heavy atom. The van der Waals surface area contributed by atoms with Gasteiger partial charge < -0.3 is 15.4 Å². The van der Waals surface area contributed by atoms with E-state index in [-0.39, 0.29) is 18.8 Å². The summed E-state index contributed by atoms with van der Waals surface area (Å²) in [5.41, 5.74) is 5.47. The second-order valence-electron chi connectivity index (χ2n) is 3.67. The summed E-state index contributed by atoms with van der Waals surface area (Å²) in [5, 5.41) is 0. The lowest BCUT2D eigenvalue weighted by atomic mass is 10.3. The Hall–Kier alpha value is -1.85. The van der Waals surface area contributed by atoms with Crippen LogP contribution in [0.1, 0.15) is 20.3 Å². The number of ketones is 1. The van der Waals surface area contributed by atoms with E-state index >= 15 is 0 Å². The molecule has 0 saturated carbocycles. The molecule has 0 fully saturated rings. The van der Waals surface area contributed by atoms with Gasteiger partial charge in [-0.05, 0) is 13.8 Å². The van der Waals surface area contributed by atoms with Crippen LogP contribution >= 0.6 is 0 Å². The molecule has 1 aliphatic heterocycles. The van der Waals surface area contributed by atoms with E-state index in [4.69, 9.17) is 5.73 Å². The summed E-state index contributed by atoms with van der Waals surface area (Å²) in [5.74, 6) is 0.0222. The Morgan fingerprint density at radius 3 is 2.61 bits per heavy atom. The number of hydrogen-bond donors (Lipinski definition) is 1. The molecule has 0 amide bonds. The van der Waals surface area contributed by atoms with Gasteiger partial charge in [-0.15, -0.1) is 0 Å². The van der Waals surface area contributed by atoms with Crippen molar-refractivity contribution in [3.8, 4) is 0 Å². The van der Waals surface area contributed by atoms with E-state index in [0.717, 1.165) is 19.6 Å². The van der Waals surface area contributed by atoms with E-state index in [9.17, 15) is 9.59 Å². The topological polar surface area (TPSA) is 85.0 Å². The highest BCUT2D eigenvalue weighted by molar-refractivity contribution is 5.94. The average Bonchev–Trinajstić information content (AvgIpc) is 2.72. The molecule has 6 heteroatoms. The molecule has 0 aliphatic carbocycles. The van der Waals surface area contributed by atoms with Crippen LogP contribution in [0.5, 0.6) is 0 Å². The highest BCUT2D eigenvalue weighted by Gasteiger charge is 2.09. The third kappa shape index (κ3) is 7.43. The molecule has 1 heterocycles. The summed E-state index contributed by atoms with van der Waals surface area (Å²) in [4.78, 5) is 26.9. The van der Waals surface area contributed by atoms with Crippen LogP contribution in [0.2, 0.25) is 0 Å². The number of carbonyl (C=O) groups excluding carboxylic acids is 2. The second kappa shape index (κ2) is 9.21. The fourth-order valence-corrected chi connectivity index (χ4v) is 1.23. The van der Waals surface area contributed by atoms with Crippen LogP contribution in [0.25, 0.3) is 0 Å². The van der Waals surface area contributed by atoms with Crippen molar-refractivity contribution in [2.24, 2.45) is 10.7 Å². The Bertz CT molecular complexity index is 327. The number of rotatable bonds is 5. The molecule has 18 heavy (non-hydrogen) atoms. The Kier molecular flexibility index (Phi) is 8.26. The van der Waals surface area contributed by atoms with Crippen molar-refractivity contribution in [3.05, 3.63) is 12.7 Å². The Balaban J connectivity index is 0.000000327. The van der Waals surface area contributed by atoms with Gasteiger partial charge in [0.1, 0.15) is 18.8 Å². The minimum absolute atomic E-state index is 0.145. The molecule has 0 spiro atoms. The van der Waals surface area contributed by atoms with Gasteiger partial charge in [0.15, 0.2) is 5.96 Å². The number of guanidine groups is 1. The fraction of sp³-hybridized carbons (Fsp3) is 0.583. The van der Waals surface area contributed by atoms with Gasteiger partial charge in [-0.1, -0.05) is 12.7 Å². The van der Waals surface area contributed by atoms with Crippen molar-refractivity contribution in [1.29, 1.82) is 0 Å². The van der Waals surface area contributed by atoms with Crippen LogP contribution in [-0.2, 0) is 14.3 Å². The van der Waals surface area contributed by atoms with Crippen molar-refractivity contribution < 1.29 is 14.3 Å². The largest absolute Gasteiger partial charge is 0.461 e. The minimum atomic E-state index is -0.493. The number of hydrogen-bond acceptors (Lipinski definition) is 6. The zero-order chi connectivity index (χ0) is 14.0. The lowest BCUT2D eigenvalue weighted by molar-refractivity contribution is -0.144. The van der Waals surface area contributed by atoms with Crippen LogP contribution in [0.4, 0.5) is 0 Å². The maximum absolute atomic E-state index is 10.5. The van der Waals surface area contributed by atoms with E-state index < -0.39 is 5.97 Å². The van der Waals surface area contributed by atoms with E-state index in [1.165, 1.54) is 13.0 Å². The smallest absolute Gasteiger partial charge is 0.313 e. The molecule has 2 N–H and O–H groups in total. The van der Waals surface area contributed by atoms with Gasteiger partial charge in [-0.3, -0.25) is 14.6 Å². The number of carbonyl (C=O) groups is 2. The summed E-state index contributed by atoms with van der Waals surface area (Å²) >= 11 is 0. The molecule has 0 unspecified atom stereocenters. The van der Waals surface area contributed by atoms with E-state index in [1.54, 1.807) is 0 Å². The molecule has 0 atom stereocenters. The molecule has 102 valence electrons. The predicted molar refractivity (Wildman–Crippen MR) is 70.2 cm³/mol. The van der Waals surface area contributed by atoms with E-state index in [1.807, 2.05) is 0 Å². The number of esters is 1. The third-order valence-electron chi connectivity index (χ3n) is 2.10. The zero-order valence-electron chi connectivity index (χ0n) is 11.0. The van der Waals surface area contributed by atoms with Gasteiger partial charge in [0, 0.05) is 13.1 Å². The van der Waals surface area contributed by atoms with Crippen LogP contribution < -0.4 is 5.73 Å². The van der Waals surface area contributed by atoms with Gasteiger partial charge in [0.2, 0.25) is 0 Å². The predicted octanol–water partition coefficient (Wildman–Crippen LogP) is 0.331. The van der Waals surface area contributed by atoms with Crippen LogP contribution in [0.3, 0.4) is 0 Å². The number of nitrogens with zero attached hydrogens (tertiary/aromatic N) is 2. The van der Waals surface area contributed by atoms with Crippen molar-refractivity contribution in [1.82, 2.24) is 4.90 Å². The molecule has 1 rings (SSSR count). The van der Waals surface area contributed by atoms with E-state index in [0.29, 0.717) is 5.96 Å². The first kappa shape index (κ1) is 16.1. The zero-order valence-corrected chi connectivity index (χ0v) is 11.0. The molecule has 0 aromatic carbocycles. The molecule has 1 aliphatic rings. The first-order valence-corrected chi connectivity index (χ1v) is 5.82. The third-order valence-corrected chi connectivity index (χ3v) is 2.10. The molecule has 6 nitrogen and oxygen atoms in total. The number of likely N-dealkylation sites (N-methyl/N-ethyl adjacent to an activating group) is 1. The molecule has 0 radical (unpaired) electrons. The number of ether oxygens (including phenoxy) is 1. The Labute approximate surface area is 107 Å². The summed E-state index contributed by atoms with van der Waals surface area (Å²) in [6.45, 7) is 9.80. The molecule has 0 aromatic heterocycles. The summed E-state index contributed by atoms with van der Waals surface area (Å²) in [7, 11) is 0. The molecule has 0 aromatic rings. The summed E-state index contributed by atoms with van der Waals surface area (Å²) < 4.78 is 4.52. The summed E-state index contributed by atoms with van der Waals surface area (Å²) in [6, 6.07) is 0. The highest BCUT2D eigenvalue weighted by Crippen LogP contribution is 1.94. The standard InChI is InChI=1S/C7H10O3.C5H11N3/c1-3-4-10-7(9)5-6(2)8;1-2-8-4-3-7-5(8)6/h3H,1,4-5H2,2H3;2-4H2,1H3,(H2,6,7). The normalized spacial score (nSPS) is 13.2. The van der Waals surface area contributed by atoms with Gasteiger partial charge in [-0.2, -0.15) is 0 Å². The molecular weight excluding hydrogens is 234 g/mol. The number of Topliss-reactive ketones (excluding diaryl/α,β-unsaturated/α-hetero) is 1. The first-order chi connectivity index (χ1) is 8.51. The van der Waals surface area contributed by atoms with Gasteiger partial charge in [-0.25, -0.2) is 0 Å². The number of aliphatic imine (C=N–C) groups is 1. The van der Waals surface area contributed by atoms with Crippen LogP contribution in [0.15, 0.2) is 17.6 Å². The SMILES string of the molecule is C=CCOC(=O)CC(C)=O.CCN1CCN=C1N. The molecular formula is C12H21N3O3. The molecule has 0 bridgehead atoms. The monoisotopic (exact) mass is 255 g/mol. The fourth-order valence-electron chi connectivity index (χ4n) is 1.23. The van der Waals surface area contributed by atoms with Crippen molar-refractivity contribution >= 4 is 17.7 Å². The quantitative estimate of drug-likeness (QED) is 0.435. The first-order valence-electron chi connectivity index (χ1n) is 5.82. The van der Waals surface area contributed by atoms with Crippen molar-refractivity contribution in [2.75, 3.05) is 26.2 Å². The lowest BCUT2D eigenvalue weighted by Crippen LogP contribution is -2.33. The summed E-state index contributed by atoms with van der Waals surface area (Å²) in [6.07, 6.45) is 1.31. The van der Waals surface area contributed by atoms with Crippen molar-refractivity contribution in [3.63, 3.8) is 0 Å². The van der Waals surface area contributed by atoms with Crippen LogP contribution in [0, 0.1) is 0 Å². The maximum atomic E-state index is 10.5. The van der Waals surface area contributed by atoms with Gasteiger partial charge in [0.25, 0.3) is 0 Å². The highest BCUT2D eigenvalue weighted by atomic mass is 16.5. The van der Waals surface area contributed by atoms with Gasteiger partial charge >= 0.3 is 5.97 Å². The average molecular weight is 255 g/mol. The Morgan fingerprint density at radius 1 is 1.61 bits per heavy atom. The van der Waals surface area contributed by atoms with Crippen molar-refractivity contribution in [2.45, 2.75) is 20.3 Å². The van der Waals surface area contributed by atoms with E-state index in [2.05, 4.69) is 28.1 Å². The van der Waals surface area contributed by atoms with Crippen LogP contribution in [-0.4, -0.2) is 48.9 Å². The van der Waals surface area contributed by atoms with Gasteiger partial charge in [0.05, 0.1) is 6.54 Å². The maximum Gasteiger partial charge on any atom is 0.313 e. The lowest BCUT2D eigenvalue weighted by Gasteiger charge is -2.12. The molecule has 0 saturated heterocycles.